The molecule has 1 aliphatic heterocycles. The summed E-state index contributed by atoms with van der Waals surface area (Å²) in [6.07, 6.45) is 2.24. The number of amides is 2. The lowest BCUT2D eigenvalue weighted by Crippen LogP contribution is -2.35. The molecule has 0 spiro atoms. The summed E-state index contributed by atoms with van der Waals surface area (Å²) >= 11 is 0. The van der Waals surface area contributed by atoms with E-state index in [1.54, 1.807) is 31.3 Å². The Labute approximate surface area is 171 Å². The van der Waals surface area contributed by atoms with Crippen LogP contribution in [-0.2, 0) is 9.53 Å². The Morgan fingerprint density at radius 1 is 1.14 bits per heavy atom. The van der Waals surface area contributed by atoms with Crippen LogP contribution < -0.4 is 10.1 Å². The van der Waals surface area contributed by atoms with Crippen LogP contribution in [0.4, 0.5) is 5.69 Å². The number of rotatable bonds is 7. The van der Waals surface area contributed by atoms with Crippen molar-refractivity contribution in [1.82, 2.24) is 4.90 Å². The highest BCUT2D eigenvalue weighted by Crippen LogP contribution is 2.20. The van der Waals surface area contributed by atoms with Gasteiger partial charge in [0.1, 0.15) is 12.4 Å². The summed E-state index contributed by atoms with van der Waals surface area (Å²) in [5.41, 5.74) is 3.29. The number of hydrogen-bond acceptors (Lipinski definition) is 4. The molecule has 1 unspecified atom stereocenters. The molecule has 2 amide bonds. The van der Waals surface area contributed by atoms with Crippen LogP contribution in [-0.4, -0.2) is 49.6 Å². The molecule has 2 aromatic carbocycles. The summed E-state index contributed by atoms with van der Waals surface area (Å²) in [6, 6.07) is 12.8. The minimum absolute atomic E-state index is 0.0239. The molecule has 0 aliphatic carbocycles. The van der Waals surface area contributed by atoms with Gasteiger partial charge in [-0.05, 0) is 62.1 Å². The molecule has 6 heteroatoms. The summed E-state index contributed by atoms with van der Waals surface area (Å²) in [7, 11) is 1.62. The molecule has 0 saturated carbocycles. The molecule has 1 heterocycles. The number of nitrogens with one attached hydrogen (secondary N) is 1. The van der Waals surface area contributed by atoms with Crippen molar-refractivity contribution in [3.05, 3.63) is 59.2 Å². The van der Waals surface area contributed by atoms with E-state index in [4.69, 9.17) is 9.47 Å². The average molecular weight is 396 g/mol. The smallest absolute Gasteiger partial charge is 0.254 e. The topological polar surface area (TPSA) is 67.9 Å². The first-order chi connectivity index (χ1) is 13.9. The maximum Gasteiger partial charge on any atom is 0.254 e. The van der Waals surface area contributed by atoms with Crippen molar-refractivity contribution in [2.45, 2.75) is 32.8 Å². The number of anilines is 1. The van der Waals surface area contributed by atoms with Crippen LogP contribution in [0.5, 0.6) is 5.75 Å². The molecule has 2 aromatic rings. The van der Waals surface area contributed by atoms with Crippen LogP contribution in [0.25, 0.3) is 0 Å². The summed E-state index contributed by atoms with van der Waals surface area (Å²) in [5, 5.41) is 2.90. The van der Waals surface area contributed by atoms with Gasteiger partial charge in [0, 0.05) is 24.9 Å². The van der Waals surface area contributed by atoms with Crippen LogP contribution in [0.1, 0.15) is 34.3 Å². The monoisotopic (exact) mass is 396 g/mol. The van der Waals surface area contributed by atoms with Gasteiger partial charge >= 0.3 is 0 Å². The number of carbonyl (C=O) groups is 2. The fourth-order valence-electron chi connectivity index (χ4n) is 3.36. The highest BCUT2D eigenvalue weighted by Gasteiger charge is 2.18. The Hall–Kier alpha value is -2.86. The van der Waals surface area contributed by atoms with E-state index in [1.807, 2.05) is 32.0 Å². The molecule has 1 fully saturated rings. The van der Waals surface area contributed by atoms with Gasteiger partial charge in [-0.25, -0.2) is 0 Å². The molecule has 0 radical (unpaired) electrons. The van der Waals surface area contributed by atoms with Crippen LogP contribution in [0.2, 0.25) is 0 Å². The summed E-state index contributed by atoms with van der Waals surface area (Å²) in [4.78, 5) is 26.4. The first kappa shape index (κ1) is 20.9. The molecule has 1 aliphatic rings. The minimum atomic E-state index is -0.227. The van der Waals surface area contributed by atoms with Gasteiger partial charge in [-0.3, -0.25) is 9.59 Å². The molecule has 0 bridgehead atoms. The normalized spacial score (nSPS) is 15.8. The Kier molecular flexibility index (Phi) is 6.88. The van der Waals surface area contributed by atoms with Crippen LogP contribution in [0.3, 0.4) is 0 Å². The molecule has 1 atom stereocenters. The van der Waals surface area contributed by atoms with Gasteiger partial charge in [-0.15, -0.1) is 0 Å². The third-order valence-corrected chi connectivity index (χ3v) is 5.03. The number of para-hydroxylation sites is 1. The van der Waals surface area contributed by atoms with Crippen molar-refractivity contribution < 1.29 is 19.1 Å². The zero-order valence-corrected chi connectivity index (χ0v) is 17.2. The lowest BCUT2D eigenvalue weighted by molar-refractivity contribution is -0.116. The van der Waals surface area contributed by atoms with Crippen LogP contribution in [0.15, 0.2) is 42.5 Å². The van der Waals surface area contributed by atoms with E-state index in [0.717, 1.165) is 36.3 Å². The predicted octanol–water partition coefficient (Wildman–Crippen LogP) is 3.57. The summed E-state index contributed by atoms with van der Waals surface area (Å²) in [6.45, 7) is 5.18. The van der Waals surface area contributed by atoms with E-state index in [9.17, 15) is 9.59 Å². The Bertz CT molecular complexity index is 837. The van der Waals surface area contributed by atoms with E-state index in [2.05, 4.69) is 5.32 Å². The van der Waals surface area contributed by atoms with Crippen LogP contribution in [0, 0.1) is 13.8 Å². The van der Waals surface area contributed by atoms with E-state index in [1.165, 1.54) is 4.90 Å². The number of likely N-dealkylation sites (N-methyl/N-ethyl adjacent to an activating group) is 1. The van der Waals surface area contributed by atoms with Gasteiger partial charge < -0.3 is 19.7 Å². The second kappa shape index (κ2) is 9.56. The van der Waals surface area contributed by atoms with E-state index < -0.39 is 0 Å². The summed E-state index contributed by atoms with van der Waals surface area (Å²) < 4.78 is 11.3. The molecular weight excluding hydrogens is 368 g/mol. The second-order valence-electron chi connectivity index (χ2n) is 7.45. The first-order valence-electron chi connectivity index (χ1n) is 9.90. The molecule has 1 saturated heterocycles. The quantitative estimate of drug-likeness (QED) is 0.777. The van der Waals surface area contributed by atoms with Gasteiger partial charge in [0.2, 0.25) is 5.91 Å². The highest BCUT2D eigenvalue weighted by molar-refractivity contribution is 5.99. The van der Waals surface area contributed by atoms with Crippen molar-refractivity contribution in [2.24, 2.45) is 0 Å². The van der Waals surface area contributed by atoms with E-state index in [-0.39, 0.29) is 24.5 Å². The van der Waals surface area contributed by atoms with Gasteiger partial charge in [0.05, 0.1) is 12.6 Å². The van der Waals surface area contributed by atoms with Crippen LogP contribution >= 0.6 is 0 Å². The van der Waals surface area contributed by atoms with Gasteiger partial charge in [0.25, 0.3) is 5.91 Å². The standard InChI is InChI=1S/C23H28N2O4/c1-16-6-4-7-17(2)22(16)24-21(26)14-25(3)23(27)18-9-11-19(12-10-18)29-15-20-8-5-13-28-20/h4,6-7,9-12,20H,5,8,13-15H2,1-3H3,(H,24,26). The van der Waals surface area contributed by atoms with Crippen molar-refractivity contribution in [2.75, 3.05) is 32.1 Å². The molecule has 0 aromatic heterocycles. The number of nitrogens with zero attached hydrogens (tertiary/aromatic N) is 1. The van der Waals surface area contributed by atoms with Gasteiger partial charge in [-0.2, -0.15) is 0 Å². The summed E-state index contributed by atoms with van der Waals surface area (Å²) in [5.74, 6) is 0.259. The van der Waals surface area contributed by atoms with Gasteiger partial charge in [0.15, 0.2) is 0 Å². The maximum atomic E-state index is 12.6. The van der Waals surface area contributed by atoms with Gasteiger partial charge in [-0.1, -0.05) is 18.2 Å². The SMILES string of the molecule is Cc1cccc(C)c1NC(=O)CN(C)C(=O)c1ccc(OCC2CCCO2)cc1. The fraction of sp³-hybridized carbons (Fsp3) is 0.391. The van der Waals surface area contributed by atoms with Crippen molar-refractivity contribution in [3.8, 4) is 5.75 Å². The molecule has 1 N–H and O–H groups in total. The fourth-order valence-corrected chi connectivity index (χ4v) is 3.36. The molecule has 3 rings (SSSR count). The predicted molar refractivity (Wildman–Crippen MR) is 112 cm³/mol. The Balaban J connectivity index is 1.53. The lowest BCUT2D eigenvalue weighted by Gasteiger charge is -2.18. The minimum Gasteiger partial charge on any atom is -0.491 e. The maximum absolute atomic E-state index is 12.6. The van der Waals surface area contributed by atoms with E-state index >= 15 is 0 Å². The number of benzene rings is 2. The zero-order chi connectivity index (χ0) is 20.8. The Morgan fingerprint density at radius 2 is 1.83 bits per heavy atom. The third kappa shape index (κ3) is 5.57. The largest absolute Gasteiger partial charge is 0.491 e. The average Bonchev–Trinajstić information content (AvgIpc) is 3.23. The molecule has 154 valence electrons. The number of ether oxygens (including phenoxy) is 2. The van der Waals surface area contributed by atoms with Crippen molar-refractivity contribution >= 4 is 17.5 Å². The van der Waals surface area contributed by atoms with Crippen molar-refractivity contribution in [1.29, 1.82) is 0 Å². The molecule has 6 nitrogen and oxygen atoms in total. The third-order valence-electron chi connectivity index (χ3n) is 5.03. The highest BCUT2D eigenvalue weighted by atomic mass is 16.5. The molecular formula is C23H28N2O4. The van der Waals surface area contributed by atoms with E-state index in [0.29, 0.717) is 17.9 Å². The number of hydrogen-bond donors (Lipinski definition) is 1. The zero-order valence-electron chi connectivity index (χ0n) is 17.2. The number of aryl methyl sites for hydroxylation is 2. The van der Waals surface area contributed by atoms with Crippen molar-refractivity contribution in [3.63, 3.8) is 0 Å². The Morgan fingerprint density at radius 3 is 2.45 bits per heavy atom. The first-order valence-corrected chi connectivity index (χ1v) is 9.90. The molecule has 29 heavy (non-hydrogen) atoms. The number of carbonyl (C=O) groups excluding carboxylic acids is 2. The lowest BCUT2D eigenvalue weighted by atomic mass is 10.1. The second-order valence-corrected chi connectivity index (χ2v) is 7.45.